The molecule has 2 aromatic carbocycles. The van der Waals surface area contributed by atoms with Crippen molar-refractivity contribution >= 4 is 5.97 Å². The van der Waals surface area contributed by atoms with Crippen LogP contribution >= 0.6 is 0 Å². The molecule has 0 bridgehead atoms. The third-order valence-electron chi connectivity index (χ3n) is 3.82. The summed E-state index contributed by atoms with van der Waals surface area (Å²) < 4.78 is 44.4. The van der Waals surface area contributed by atoms with Crippen molar-refractivity contribution in [2.45, 2.75) is 12.8 Å². The minimum Gasteiger partial charge on any atom is -0.488 e. The Labute approximate surface area is 152 Å². The number of benzene rings is 2. The summed E-state index contributed by atoms with van der Waals surface area (Å²) in [6.45, 7) is 0.223. The first-order valence-corrected chi connectivity index (χ1v) is 7.93. The van der Waals surface area contributed by atoms with Crippen molar-refractivity contribution in [3.63, 3.8) is 0 Å². The fourth-order valence-electron chi connectivity index (χ4n) is 2.52. The minimum atomic E-state index is -4.68. The number of pyridine rings is 1. The average molecular weight is 373 g/mol. The van der Waals surface area contributed by atoms with Crippen molar-refractivity contribution < 1.29 is 27.8 Å². The van der Waals surface area contributed by atoms with Gasteiger partial charge in [0.25, 0.3) is 0 Å². The molecule has 138 valence electrons. The molecule has 1 aromatic heterocycles. The number of carboxylic acids is 1. The first kappa shape index (κ1) is 18.4. The number of carbonyl (C=O) groups is 1. The summed E-state index contributed by atoms with van der Waals surface area (Å²) in [7, 11) is 0. The summed E-state index contributed by atoms with van der Waals surface area (Å²) in [5.74, 6) is -1.17. The van der Waals surface area contributed by atoms with E-state index in [-0.39, 0.29) is 12.3 Å². The molecule has 0 aliphatic rings. The Hall–Kier alpha value is -3.35. The molecular formula is C20H14F3NO3. The number of carboxylic acid groups (broad SMARTS) is 1. The van der Waals surface area contributed by atoms with Gasteiger partial charge in [0.1, 0.15) is 12.4 Å². The van der Waals surface area contributed by atoms with E-state index >= 15 is 0 Å². The van der Waals surface area contributed by atoms with Crippen molar-refractivity contribution in [1.29, 1.82) is 0 Å². The van der Waals surface area contributed by atoms with Gasteiger partial charge in [0.05, 0.1) is 16.8 Å². The van der Waals surface area contributed by atoms with Crippen molar-refractivity contribution in [2.24, 2.45) is 0 Å². The van der Waals surface area contributed by atoms with Crippen LogP contribution in [0, 0.1) is 0 Å². The molecule has 1 N–H and O–H groups in total. The second-order valence-corrected chi connectivity index (χ2v) is 5.69. The first-order chi connectivity index (χ1) is 12.9. The largest absolute Gasteiger partial charge is 0.488 e. The number of aromatic carboxylic acids is 1. The molecule has 7 heteroatoms. The minimum absolute atomic E-state index is 0.0841. The predicted octanol–water partition coefficient (Wildman–Crippen LogP) is 5.04. The summed E-state index contributed by atoms with van der Waals surface area (Å²) in [6.07, 6.45) is -4.06. The molecule has 0 saturated carbocycles. The molecule has 0 amide bonds. The zero-order valence-electron chi connectivity index (χ0n) is 13.9. The van der Waals surface area contributed by atoms with Crippen molar-refractivity contribution in [1.82, 2.24) is 4.98 Å². The van der Waals surface area contributed by atoms with Crippen LogP contribution in [0.3, 0.4) is 0 Å². The number of rotatable bonds is 5. The molecule has 27 heavy (non-hydrogen) atoms. The van der Waals surface area contributed by atoms with Crippen LogP contribution in [0.1, 0.15) is 21.5 Å². The molecule has 0 atom stereocenters. The lowest BCUT2D eigenvalue weighted by molar-refractivity contribution is -0.137. The Balaban J connectivity index is 2.00. The number of alkyl halides is 3. The summed E-state index contributed by atoms with van der Waals surface area (Å²) in [6, 6.07) is 16.4. The van der Waals surface area contributed by atoms with E-state index < -0.39 is 23.3 Å². The van der Waals surface area contributed by atoms with Gasteiger partial charge in [-0.3, -0.25) is 4.98 Å². The Bertz CT molecular complexity index is 956. The van der Waals surface area contributed by atoms with Crippen LogP contribution in [0.5, 0.6) is 5.75 Å². The van der Waals surface area contributed by atoms with Crippen LogP contribution in [-0.4, -0.2) is 16.1 Å². The SMILES string of the molecule is O=C(O)c1cc(C(F)(F)F)cnc1-c1ccccc1OCc1ccccc1. The van der Waals surface area contributed by atoms with Crippen LogP contribution in [0.15, 0.2) is 66.9 Å². The highest BCUT2D eigenvalue weighted by molar-refractivity contribution is 5.95. The number of para-hydroxylation sites is 1. The third-order valence-corrected chi connectivity index (χ3v) is 3.82. The van der Waals surface area contributed by atoms with Gasteiger partial charge in [0.2, 0.25) is 0 Å². The van der Waals surface area contributed by atoms with E-state index in [1.807, 2.05) is 30.3 Å². The van der Waals surface area contributed by atoms with Crippen LogP contribution in [0.4, 0.5) is 13.2 Å². The highest BCUT2D eigenvalue weighted by Gasteiger charge is 2.33. The van der Waals surface area contributed by atoms with Gasteiger partial charge in [-0.2, -0.15) is 13.2 Å². The lowest BCUT2D eigenvalue weighted by Gasteiger charge is -2.14. The highest BCUT2D eigenvalue weighted by atomic mass is 19.4. The van der Waals surface area contributed by atoms with Gasteiger partial charge in [-0.1, -0.05) is 42.5 Å². The molecule has 0 unspecified atom stereocenters. The van der Waals surface area contributed by atoms with E-state index in [9.17, 15) is 23.1 Å². The van der Waals surface area contributed by atoms with Gasteiger partial charge in [0, 0.05) is 11.8 Å². The van der Waals surface area contributed by atoms with E-state index in [4.69, 9.17) is 4.74 Å². The molecule has 3 rings (SSSR count). The second kappa shape index (κ2) is 7.49. The summed E-state index contributed by atoms with van der Waals surface area (Å²) in [5, 5.41) is 9.37. The molecule has 3 aromatic rings. The lowest BCUT2D eigenvalue weighted by atomic mass is 10.0. The highest BCUT2D eigenvalue weighted by Crippen LogP contribution is 2.35. The maximum atomic E-state index is 12.9. The Morgan fingerprint density at radius 3 is 2.37 bits per heavy atom. The van der Waals surface area contributed by atoms with E-state index in [2.05, 4.69) is 4.98 Å². The van der Waals surface area contributed by atoms with E-state index in [0.29, 0.717) is 23.6 Å². The average Bonchev–Trinajstić information content (AvgIpc) is 2.66. The van der Waals surface area contributed by atoms with Gasteiger partial charge >= 0.3 is 12.1 Å². The van der Waals surface area contributed by atoms with Crippen LogP contribution in [0.25, 0.3) is 11.3 Å². The molecule has 0 aliphatic carbocycles. The second-order valence-electron chi connectivity index (χ2n) is 5.69. The van der Waals surface area contributed by atoms with Crippen LogP contribution in [-0.2, 0) is 12.8 Å². The number of hydrogen-bond acceptors (Lipinski definition) is 3. The number of nitrogens with zero attached hydrogens (tertiary/aromatic N) is 1. The van der Waals surface area contributed by atoms with Crippen molar-refractivity contribution in [3.8, 4) is 17.0 Å². The fraction of sp³-hybridized carbons (Fsp3) is 0.100. The zero-order valence-corrected chi connectivity index (χ0v) is 13.9. The van der Waals surface area contributed by atoms with E-state index in [0.717, 1.165) is 5.56 Å². The topological polar surface area (TPSA) is 59.4 Å². The quantitative estimate of drug-likeness (QED) is 0.680. The standard InChI is InChI=1S/C20H14F3NO3/c21-20(22,23)14-10-16(19(25)26)18(24-11-14)15-8-4-5-9-17(15)27-12-13-6-2-1-3-7-13/h1-11H,12H2,(H,25,26). The molecule has 0 saturated heterocycles. The number of aromatic nitrogens is 1. The smallest absolute Gasteiger partial charge is 0.417 e. The Kier molecular flexibility index (Phi) is 5.12. The Morgan fingerprint density at radius 1 is 1.04 bits per heavy atom. The van der Waals surface area contributed by atoms with Gasteiger partial charge in [0.15, 0.2) is 0 Å². The van der Waals surface area contributed by atoms with E-state index in [1.54, 1.807) is 24.3 Å². The summed E-state index contributed by atoms with van der Waals surface area (Å²) >= 11 is 0. The number of hydrogen-bond donors (Lipinski definition) is 1. The maximum absolute atomic E-state index is 12.9. The van der Waals surface area contributed by atoms with Gasteiger partial charge in [-0.05, 0) is 23.8 Å². The lowest BCUT2D eigenvalue weighted by Crippen LogP contribution is -2.10. The van der Waals surface area contributed by atoms with Crippen molar-refractivity contribution in [2.75, 3.05) is 0 Å². The first-order valence-electron chi connectivity index (χ1n) is 7.93. The Morgan fingerprint density at radius 2 is 1.70 bits per heavy atom. The van der Waals surface area contributed by atoms with Crippen LogP contribution < -0.4 is 4.74 Å². The normalized spacial score (nSPS) is 11.2. The van der Waals surface area contributed by atoms with Gasteiger partial charge < -0.3 is 9.84 Å². The van der Waals surface area contributed by atoms with E-state index in [1.165, 1.54) is 0 Å². The monoisotopic (exact) mass is 373 g/mol. The van der Waals surface area contributed by atoms with Crippen molar-refractivity contribution in [3.05, 3.63) is 83.6 Å². The number of ether oxygens (including phenoxy) is 1. The fourth-order valence-corrected chi connectivity index (χ4v) is 2.52. The molecule has 1 heterocycles. The third kappa shape index (κ3) is 4.25. The molecule has 0 aliphatic heterocycles. The van der Waals surface area contributed by atoms with Gasteiger partial charge in [-0.25, -0.2) is 4.79 Å². The molecule has 0 radical (unpaired) electrons. The molecular weight excluding hydrogens is 359 g/mol. The predicted molar refractivity (Wildman–Crippen MR) is 92.4 cm³/mol. The van der Waals surface area contributed by atoms with Gasteiger partial charge in [-0.15, -0.1) is 0 Å². The molecule has 0 fully saturated rings. The number of halogens is 3. The zero-order chi connectivity index (χ0) is 19.4. The van der Waals surface area contributed by atoms with Crippen LogP contribution in [0.2, 0.25) is 0 Å². The molecule has 4 nitrogen and oxygen atoms in total. The summed E-state index contributed by atoms with van der Waals surface area (Å²) in [5.41, 5.74) is -0.545. The maximum Gasteiger partial charge on any atom is 0.417 e. The summed E-state index contributed by atoms with van der Waals surface area (Å²) in [4.78, 5) is 15.3. The molecule has 0 spiro atoms.